The molecule has 4 rings (SSSR count). The first kappa shape index (κ1) is 17.0. The van der Waals surface area contributed by atoms with Gasteiger partial charge in [-0.1, -0.05) is 24.4 Å². The fourth-order valence-electron chi connectivity index (χ4n) is 5.01. The Hall–Kier alpha value is -1.43. The summed E-state index contributed by atoms with van der Waals surface area (Å²) in [5, 5.41) is 3.98. The third-order valence-electron chi connectivity index (χ3n) is 6.52. The quantitative estimate of drug-likeness (QED) is 0.840. The van der Waals surface area contributed by atoms with Gasteiger partial charge in [-0.3, -0.25) is 4.79 Å². The standard InChI is InChI=1S/C19H29N3O3/c1-14-20-18(25-21-14)16-12-22(13-19(16)7-9-24-10-8-19)17(23)11-15-5-3-2-4-6-15/h15-16H,2-13H2,1H3. The highest BCUT2D eigenvalue weighted by molar-refractivity contribution is 5.77. The third kappa shape index (κ3) is 3.46. The zero-order chi connectivity index (χ0) is 17.3. The first-order valence-electron chi connectivity index (χ1n) is 9.82. The van der Waals surface area contributed by atoms with E-state index in [1.54, 1.807) is 0 Å². The minimum absolute atomic E-state index is 0.0411. The number of hydrogen-bond donors (Lipinski definition) is 0. The van der Waals surface area contributed by atoms with Gasteiger partial charge in [-0.05, 0) is 38.5 Å². The van der Waals surface area contributed by atoms with E-state index in [1.165, 1.54) is 32.1 Å². The summed E-state index contributed by atoms with van der Waals surface area (Å²) < 4.78 is 11.1. The van der Waals surface area contributed by atoms with Crippen LogP contribution in [0.2, 0.25) is 0 Å². The first-order valence-corrected chi connectivity index (χ1v) is 9.82. The van der Waals surface area contributed by atoms with Gasteiger partial charge in [0, 0.05) is 38.1 Å². The molecule has 1 aliphatic carbocycles. The number of hydrogen-bond acceptors (Lipinski definition) is 5. The first-order chi connectivity index (χ1) is 12.2. The van der Waals surface area contributed by atoms with Crippen molar-refractivity contribution in [3.05, 3.63) is 11.7 Å². The van der Waals surface area contributed by atoms with Crippen LogP contribution < -0.4 is 0 Å². The van der Waals surface area contributed by atoms with Gasteiger partial charge in [0.05, 0.1) is 5.92 Å². The number of likely N-dealkylation sites (tertiary alicyclic amines) is 1. The Bertz CT molecular complexity index is 603. The lowest BCUT2D eigenvalue weighted by molar-refractivity contribution is -0.132. The lowest BCUT2D eigenvalue weighted by atomic mass is 9.72. The molecular formula is C19H29N3O3. The zero-order valence-corrected chi connectivity index (χ0v) is 15.2. The average Bonchev–Trinajstić information content (AvgIpc) is 3.20. The molecule has 3 aliphatic rings. The molecule has 1 saturated carbocycles. The summed E-state index contributed by atoms with van der Waals surface area (Å²) in [7, 11) is 0. The van der Waals surface area contributed by atoms with Crippen molar-refractivity contribution in [1.29, 1.82) is 0 Å². The second-order valence-corrected chi connectivity index (χ2v) is 8.19. The minimum Gasteiger partial charge on any atom is -0.381 e. The van der Waals surface area contributed by atoms with Crippen molar-refractivity contribution in [3.63, 3.8) is 0 Å². The molecule has 1 amide bonds. The normalized spacial score (nSPS) is 27.1. The van der Waals surface area contributed by atoms with Crippen molar-refractivity contribution in [2.75, 3.05) is 26.3 Å². The summed E-state index contributed by atoms with van der Waals surface area (Å²) in [5.41, 5.74) is 0.0411. The van der Waals surface area contributed by atoms with Crippen LogP contribution in [-0.2, 0) is 9.53 Å². The molecule has 6 heteroatoms. The van der Waals surface area contributed by atoms with Crippen LogP contribution in [0.15, 0.2) is 4.52 Å². The number of nitrogens with zero attached hydrogens (tertiary/aromatic N) is 3. The van der Waals surface area contributed by atoms with Gasteiger partial charge in [0.2, 0.25) is 11.8 Å². The molecule has 0 bridgehead atoms. The second-order valence-electron chi connectivity index (χ2n) is 8.19. The molecule has 1 atom stereocenters. The molecule has 2 aliphatic heterocycles. The number of aryl methyl sites for hydroxylation is 1. The Morgan fingerprint density at radius 1 is 1.24 bits per heavy atom. The van der Waals surface area contributed by atoms with E-state index in [2.05, 4.69) is 15.0 Å². The Morgan fingerprint density at radius 2 is 2.00 bits per heavy atom. The highest BCUT2D eigenvalue weighted by atomic mass is 16.5. The van der Waals surface area contributed by atoms with E-state index in [4.69, 9.17) is 9.26 Å². The molecule has 1 spiro atoms. The minimum atomic E-state index is 0.0411. The SMILES string of the molecule is Cc1noc(C2CN(C(=O)CC3CCCCC3)CC23CCOCC3)n1. The van der Waals surface area contributed by atoms with Gasteiger partial charge in [-0.15, -0.1) is 0 Å². The van der Waals surface area contributed by atoms with Crippen molar-refractivity contribution < 1.29 is 14.1 Å². The molecule has 6 nitrogen and oxygen atoms in total. The van der Waals surface area contributed by atoms with Crippen LogP contribution in [-0.4, -0.2) is 47.3 Å². The lowest BCUT2D eigenvalue weighted by Gasteiger charge is -2.36. The fourth-order valence-corrected chi connectivity index (χ4v) is 5.01. The number of carbonyl (C=O) groups excluding carboxylic acids is 1. The smallest absolute Gasteiger partial charge is 0.232 e. The van der Waals surface area contributed by atoms with Crippen LogP contribution in [0, 0.1) is 18.3 Å². The summed E-state index contributed by atoms with van der Waals surface area (Å²) in [6, 6.07) is 0. The zero-order valence-electron chi connectivity index (χ0n) is 15.2. The Labute approximate surface area is 149 Å². The monoisotopic (exact) mass is 347 g/mol. The van der Waals surface area contributed by atoms with Gasteiger partial charge in [0.25, 0.3) is 0 Å². The van der Waals surface area contributed by atoms with Crippen molar-refractivity contribution in [3.8, 4) is 0 Å². The number of ether oxygens (including phenoxy) is 1. The van der Waals surface area contributed by atoms with Crippen LogP contribution in [0.4, 0.5) is 0 Å². The van der Waals surface area contributed by atoms with Crippen molar-refractivity contribution in [2.24, 2.45) is 11.3 Å². The van der Waals surface area contributed by atoms with Crippen molar-refractivity contribution in [1.82, 2.24) is 15.0 Å². The van der Waals surface area contributed by atoms with E-state index in [1.807, 2.05) is 6.92 Å². The summed E-state index contributed by atoms with van der Waals surface area (Å²) >= 11 is 0. The number of carbonyl (C=O) groups is 1. The van der Waals surface area contributed by atoms with Crippen LogP contribution in [0.5, 0.6) is 0 Å². The number of amides is 1. The van der Waals surface area contributed by atoms with Crippen molar-refractivity contribution in [2.45, 2.75) is 64.2 Å². The van der Waals surface area contributed by atoms with E-state index in [-0.39, 0.29) is 11.3 Å². The van der Waals surface area contributed by atoms with Crippen LogP contribution in [0.1, 0.15) is 69.0 Å². The maximum absolute atomic E-state index is 12.9. The van der Waals surface area contributed by atoms with Crippen LogP contribution >= 0.6 is 0 Å². The Morgan fingerprint density at radius 3 is 2.68 bits per heavy atom. The molecule has 2 saturated heterocycles. The molecule has 1 aromatic heterocycles. The molecule has 1 aromatic rings. The highest BCUT2D eigenvalue weighted by Gasteiger charge is 2.51. The third-order valence-corrected chi connectivity index (χ3v) is 6.52. The number of rotatable bonds is 3. The van der Waals surface area contributed by atoms with Gasteiger partial charge in [-0.25, -0.2) is 0 Å². The van der Waals surface area contributed by atoms with E-state index in [0.29, 0.717) is 36.5 Å². The van der Waals surface area contributed by atoms with Crippen LogP contribution in [0.25, 0.3) is 0 Å². The maximum atomic E-state index is 12.9. The summed E-state index contributed by atoms with van der Waals surface area (Å²) in [5.74, 6) is 2.41. The Balaban J connectivity index is 1.49. The largest absolute Gasteiger partial charge is 0.381 e. The van der Waals surface area contributed by atoms with Gasteiger partial charge in [-0.2, -0.15) is 4.98 Å². The Kier molecular flexibility index (Phi) is 4.80. The lowest BCUT2D eigenvalue weighted by Crippen LogP contribution is -2.37. The molecule has 138 valence electrons. The fraction of sp³-hybridized carbons (Fsp3) is 0.842. The topological polar surface area (TPSA) is 68.5 Å². The van der Waals surface area contributed by atoms with E-state index in [0.717, 1.165) is 32.6 Å². The van der Waals surface area contributed by atoms with Gasteiger partial charge in [0.15, 0.2) is 5.82 Å². The molecule has 0 aromatic carbocycles. The molecule has 3 heterocycles. The molecular weight excluding hydrogens is 318 g/mol. The summed E-state index contributed by atoms with van der Waals surface area (Å²) in [6.07, 6.45) is 8.96. The van der Waals surface area contributed by atoms with Crippen LogP contribution in [0.3, 0.4) is 0 Å². The average molecular weight is 347 g/mol. The van der Waals surface area contributed by atoms with Crippen molar-refractivity contribution >= 4 is 5.91 Å². The summed E-state index contributed by atoms with van der Waals surface area (Å²) in [6.45, 7) is 4.90. The molecule has 25 heavy (non-hydrogen) atoms. The van der Waals surface area contributed by atoms with E-state index in [9.17, 15) is 4.79 Å². The predicted molar refractivity (Wildman–Crippen MR) is 92.0 cm³/mol. The second kappa shape index (κ2) is 7.06. The molecule has 1 unspecified atom stereocenters. The molecule has 0 radical (unpaired) electrons. The number of aromatic nitrogens is 2. The molecule has 0 N–H and O–H groups in total. The highest BCUT2D eigenvalue weighted by Crippen LogP contribution is 2.49. The summed E-state index contributed by atoms with van der Waals surface area (Å²) in [4.78, 5) is 19.5. The van der Waals surface area contributed by atoms with Gasteiger partial charge < -0.3 is 14.2 Å². The predicted octanol–water partition coefficient (Wildman–Crippen LogP) is 3.07. The van der Waals surface area contributed by atoms with E-state index < -0.39 is 0 Å². The van der Waals surface area contributed by atoms with E-state index >= 15 is 0 Å². The molecule has 3 fully saturated rings. The maximum Gasteiger partial charge on any atom is 0.232 e. The van der Waals surface area contributed by atoms with Gasteiger partial charge >= 0.3 is 0 Å². The van der Waals surface area contributed by atoms with Gasteiger partial charge in [0.1, 0.15) is 0 Å².